The Morgan fingerprint density at radius 2 is 2.10 bits per heavy atom. The first-order valence-corrected chi connectivity index (χ1v) is 6.35. The SMILES string of the molecule is COc1ccc(CNC(=O)c2ncccc2N)c(OC)c1. The summed E-state index contributed by atoms with van der Waals surface area (Å²) in [5, 5.41) is 2.77. The number of benzene rings is 1. The lowest BCUT2D eigenvalue weighted by atomic mass is 10.2. The molecule has 0 aliphatic carbocycles. The monoisotopic (exact) mass is 287 g/mol. The number of aromatic nitrogens is 1. The van der Waals surface area contributed by atoms with Gasteiger partial charge in [-0.3, -0.25) is 4.79 Å². The first-order chi connectivity index (χ1) is 10.2. The average molecular weight is 287 g/mol. The van der Waals surface area contributed by atoms with Crippen LogP contribution in [-0.4, -0.2) is 25.1 Å². The highest BCUT2D eigenvalue weighted by atomic mass is 16.5. The number of nitrogens with one attached hydrogen (secondary N) is 1. The second kappa shape index (κ2) is 6.60. The molecule has 6 heteroatoms. The molecule has 0 fully saturated rings. The fourth-order valence-electron chi connectivity index (χ4n) is 1.86. The summed E-state index contributed by atoms with van der Waals surface area (Å²) in [5.74, 6) is 1.01. The predicted molar refractivity (Wildman–Crippen MR) is 79.4 cm³/mol. The first kappa shape index (κ1) is 14.6. The van der Waals surface area contributed by atoms with Crippen LogP contribution in [-0.2, 0) is 6.54 Å². The molecule has 1 amide bonds. The van der Waals surface area contributed by atoms with Gasteiger partial charge in [-0.05, 0) is 24.3 Å². The minimum absolute atomic E-state index is 0.213. The molecule has 1 aromatic heterocycles. The van der Waals surface area contributed by atoms with Crippen LogP contribution in [0.1, 0.15) is 16.1 Å². The molecule has 1 heterocycles. The quantitative estimate of drug-likeness (QED) is 0.872. The van der Waals surface area contributed by atoms with Crippen LogP contribution in [0.25, 0.3) is 0 Å². The van der Waals surface area contributed by atoms with E-state index in [1.165, 1.54) is 6.20 Å². The zero-order valence-corrected chi connectivity index (χ0v) is 11.9. The van der Waals surface area contributed by atoms with Crippen LogP contribution >= 0.6 is 0 Å². The Morgan fingerprint density at radius 1 is 1.29 bits per heavy atom. The average Bonchev–Trinajstić information content (AvgIpc) is 2.52. The van der Waals surface area contributed by atoms with Crippen LogP contribution in [0.5, 0.6) is 11.5 Å². The van der Waals surface area contributed by atoms with Gasteiger partial charge in [-0.15, -0.1) is 0 Å². The van der Waals surface area contributed by atoms with Crippen molar-refractivity contribution in [2.75, 3.05) is 20.0 Å². The molecule has 0 unspecified atom stereocenters. The molecule has 6 nitrogen and oxygen atoms in total. The normalized spacial score (nSPS) is 10.0. The van der Waals surface area contributed by atoms with Crippen molar-refractivity contribution in [3.63, 3.8) is 0 Å². The Labute approximate surface area is 122 Å². The summed E-state index contributed by atoms with van der Waals surface area (Å²) in [6.07, 6.45) is 1.53. The van der Waals surface area contributed by atoms with E-state index in [1.54, 1.807) is 38.5 Å². The number of rotatable bonds is 5. The van der Waals surface area contributed by atoms with E-state index in [2.05, 4.69) is 10.3 Å². The second-order valence-electron chi connectivity index (χ2n) is 4.30. The highest BCUT2D eigenvalue weighted by molar-refractivity contribution is 5.96. The number of amides is 1. The van der Waals surface area contributed by atoms with Gasteiger partial charge in [0, 0.05) is 24.4 Å². The molecule has 110 valence electrons. The molecule has 0 bridgehead atoms. The zero-order valence-electron chi connectivity index (χ0n) is 11.9. The second-order valence-corrected chi connectivity index (χ2v) is 4.30. The molecule has 0 saturated carbocycles. The van der Waals surface area contributed by atoms with Crippen molar-refractivity contribution in [3.05, 3.63) is 47.8 Å². The zero-order chi connectivity index (χ0) is 15.2. The number of hydrogen-bond donors (Lipinski definition) is 2. The summed E-state index contributed by atoms with van der Waals surface area (Å²) in [4.78, 5) is 16.0. The molecule has 21 heavy (non-hydrogen) atoms. The minimum atomic E-state index is -0.328. The van der Waals surface area contributed by atoms with Gasteiger partial charge >= 0.3 is 0 Å². The lowest BCUT2D eigenvalue weighted by Gasteiger charge is -2.11. The van der Waals surface area contributed by atoms with Crippen molar-refractivity contribution in [2.24, 2.45) is 0 Å². The van der Waals surface area contributed by atoms with E-state index in [9.17, 15) is 4.79 Å². The number of nitrogen functional groups attached to an aromatic ring is 1. The maximum atomic E-state index is 12.0. The van der Waals surface area contributed by atoms with Crippen LogP contribution in [0.15, 0.2) is 36.5 Å². The number of nitrogens with two attached hydrogens (primary N) is 1. The van der Waals surface area contributed by atoms with Gasteiger partial charge < -0.3 is 20.5 Å². The van der Waals surface area contributed by atoms with E-state index in [0.29, 0.717) is 23.7 Å². The fourth-order valence-corrected chi connectivity index (χ4v) is 1.86. The third kappa shape index (κ3) is 3.42. The van der Waals surface area contributed by atoms with Crippen LogP contribution in [0.2, 0.25) is 0 Å². The molecular formula is C15H17N3O3. The minimum Gasteiger partial charge on any atom is -0.497 e. The molecule has 2 aromatic rings. The highest BCUT2D eigenvalue weighted by Crippen LogP contribution is 2.24. The van der Waals surface area contributed by atoms with E-state index in [-0.39, 0.29) is 11.6 Å². The molecule has 0 radical (unpaired) electrons. The van der Waals surface area contributed by atoms with Crippen LogP contribution in [0, 0.1) is 0 Å². The van der Waals surface area contributed by atoms with Gasteiger partial charge in [0.05, 0.1) is 19.9 Å². The van der Waals surface area contributed by atoms with Crippen LogP contribution in [0.3, 0.4) is 0 Å². The van der Waals surface area contributed by atoms with Gasteiger partial charge in [-0.1, -0.05) is 0 Å². The molecular weight excluding hydrogens is 270 g/mol. The number of anilines is 1. The largest absolute Gasteiger partial charge is 0.497 e. The fraction of sp³-hybridized carbons (Fsp3) is 0.200. The smallest absolute Gasteiger partial charge is 0.272 e. The van der Waals surface area contributed by atoms with Crippen LogP contribution in [0.4, 0.5) is 5.69 Å². The standard InChI is InChI=1S/C15H17N3O3/c1-20-11-6-5-10(13(8-11)21-2)9-18-15(19)14-12(16)4-3-7-17-14/h3-8H,9,16H2,1-2H3,(H,18,19). The van der Waals surface area contributed by atoms with Crippen molar-refractivity contribution in [1.82, 2.24) is 10.3 Å². The number of nitrogens with zero attached hydrogens (tertiary/aromatic N) is 1. The van der Waals surface area contributed by atoms with Crippen molar-refractivity contribution in [2.45, 2.75) is 6.54 Å². The molecule has 0 aliphatic heterocycles. The maximum Gasteiger partial charge on any atom is 0.272 e. The topological polar surface area (TPSA) is 86.5 Å². The first-order valence-electron chi connectivity index (χ1n) is 6.35. The van der Waals surface area contributed by atoms with E-state index in [0.717, 1.165) is 5.56 Å². The van der Waals surface area contributed by atoms with Gasteiger partial charge in [0.25, 0.3) is 5.91 Å². The summed E-state index contributed by atoms with van der Waals surface area (Å²) in [6.45, 7) is 0.308. The van der Waals surface area contributed by atoms with Gasteiger partial charge in [0.2, 0.25) is 0 Å². The van der Waals surface area contributed by atoms with Crippen molar-refractivity contribution >= 4 is 11.6 Å². The Balaban J connectivity index is 2.10. The molecule has 2 rings (SSSR count). The summed E-state index contributed by atoms with van der Waals surface area (Å²) in [6, 6.07) is 8.71. The van der Waals surface area contributed by atoms with E-state index < -0.39 is 0 Å². The molecule has 0 saturated heterocycles. The summed E-state index contributed by atoms with van der Waals surface area (Å²) in [5.41, 5.74) is 7.11. The summed E-state index contributed by atoms with van der Waals surface area (Å²) in [7, 11) is 3.15. The highest BCUT2D eigenvalue weighted by Gasteiger charge is 2.12. The Kier molecular flexibility index (Phi) is 4.61. The lowest BCUT2D eigenvalue weighted by Crippen LogP contribution is -2.25. The summed E-state index contributed by atoms with van der Waals surface area (Å²) >= 11 is 0. The third-order valence-corrected chi connectivity index (χ3v) is 2.99. The predicted octanol–water partition coefficient (Wildman–Crippen LogP) is 1.61. The molecule has 1 aromatic carbocycles. The number of ether oxygens (including phenoxy) is 2. The number of hydrogen-bond acceptors (Lipinski definition) is 5. The molecule has 0 spiro atoms. The number of methoxy groups -OCH3 is 2. The van der Waals surface area contributed by atoms with Crippen molar-refractivity contribution < 1.29 is 14.3 Å². The van der Waals surface area contributed by atoms with Crippen molar-refractivity contribution in [3.8, 4) is 11.5 Å². The van der Waals surface area contributed by atoms with Gasteiger partial charge in [0.1, 0.15) is 11.5 Å². The lowest BCUT2D eigenvalue weighted by molar-refractivity contribution is 0.0946. The number of carbonyl (C=O) groups is 1. The molecule has 3 N–H and O–H groups in total. The third-order valence-electron chi connectivity index (χ3n) is 2.99. The molecule has 0 atom stereocenters. The van der Waals surface area contributed by atoms with E-state index >= 15 is 0 Å². The summed E-state index contributed by atoms with van der Waals surface area (Å²) < 4.78 is 10.4. The van der Waals surface area contributed by atoms with Gasteiger partial charge in [-0.25, -0.2) is 4.98 Å². The Bertz CT molecular complexity index is 644. The van der Waals surface area contributed by atoms with E-state index in [1.807, 2.05) is 6.07 Å². The maximum absolute atomic E-state index is 12.0. The van der Waals surface area contributed by atoms with Gasteiger partial charge in [-0.2, -0.15) is 0 Å². The Morgan fingerprint density at radius 3 is 2.76 bits per heavy atom. The Hall–Kier alpha value is -2.76. The number of pyridine rings is 1. The number of carbonyl (C=O) groups excluding carboxylic acids is 1. The van der Waals surface area contributed by atoms with E-state index in [4.69, 9.17) is 15.2 Å². The van der Waals surface area contributed by atoms with Gasteiger partial charge in [0.15, 0.2) is 5.69 Å². The van der Waals surface area contributed by atoms with Crippen LogP contribution < -0.4 is 20.5 Å². The molecule has 0 aliphatic rings. The van der Waals surface area contributed by atoms with Crippen molar-refractivity contribution in [1.29, 1.82) is 0 Å².